The van der Waals surface area contributed by atoms with Crippen LogP contribution in [0, 0.1) is 0 Å². The molecule has 0 radical (unpaired) electrons. The minimum atomic E-state index is -4.53. The lowest BCUT2D eigenvalue weighted by atomic mass is 9.81. The zero-order chi connectivity index (χ0) is 91.3. The molecule has 0 bridgehead atoms. The monoisotopic (exact) mass is 1810 g/mol. The van der Waals surface area contributed by atoms with E-state index < -0.39 is 39.9 Å². The van der Waals surface area contributed by atoms with Crippen LogP contribution in [0.4, 0.5) is 19.0 Å². The molecule has 30 heteroatoms. The van der Waals surface area contributed by atoms with Crippen LogP contribution in [-0.4, -0.2) is 183 Å². The highest BCUT2D eigenvalue weighted by Gasteiger charge is 2.52. The van der Waals surface area contributed by atoms with E-state index in [1.54, 1.807) is 87.0 Å². The Hall–Kier alpha value is -12.8. The second kappa shape index (κ2) is 35.9. The van der Waals surface area contributed by atoms with Crippen molar-refractivity contribution in [3.63, 3.8) is 0 Å². The highest BCUT2D eigenvalue weighted by molar-refractivity contribution is 6.31. The molecule has 8 aliphatic rings. The van der Waals surface area contributed by atoms with Gasteiger partial charge in [-0.25, -0.2) is 4.98 Å². The number of piperidine rings is 4. The minimum Gasteiger partial charge on any atom is -0.496 e. The number of ether oxygens (including phenoxy) is 8. The lowest BCUT2D eigenvalue weighted by Gasteiger charge is -2.45. The molecule has 4 fully saturated rings. The fourth-order valence-electron chi connectivity index (χ4n) is 19.2. The first-order valence-corrected chi connectivity index (χ1v) is 44.4. The van der Waals surface area contributed by atoms with Crippen molar-refractivity contribution in [3.05, 3.63) is 278 Å². The maximum absolute atomic E-state index is 13.9. The minimum absolute atomic E-state index is 0. The van der Waals surface area contributed by atoms with Gasteiger partial charge in [-0.15, -0.1) is 0 Å². The molecular weight excluding hydrogens is 1710 g/mol. The molecule has 12 aromatic rings. The molecule has 13 heterocycles. The number of anilines is 1. The Bertz CT molecular complexity index is 6260. The number of carbonyl (C=O) groups excluding carboxylic acids is 4. The number of fused-ring (bicyclic) bond motifs is 16. The number of aliphatic hydroxyl groups excluding tert-OH is 1. The van der Waals surface area contributed by atoms with E-state index in [0.717, 1.165) is 105 Å². The van der Waals surface area contributed by atoms with Gasteiger partial charge in [0, 0.05) is 225 Å². The second-order valence-electron chi connectivity index (χ2n) is 34.4. The summed E-state index contributed by atoms with van der Waals surface area (Å²) in [6.07, 6.45) is 8.80. The molecule has 8 aliphatic heterocycles. The van der Waals surface area contributed by atoms with Crippen LogP contribution in [0.1, 0.15) is 154 Å². The number of likely N-dealkylation sites (tertiary alicyclic amines) is 4. The van der Waals surface area contributed by atoms with Crippen molar-refractivity contribution in [1.29, 1.82) is 0 Å². The summed E-state index contributed by atoms with van der Waals surface area (Å²) in [5.74, 6) is 5.45. The molecule has 0 atom stereocenters. The Morgan fingerprint density at radius 2 is 0.977 bits per heavy atom. The van der Waals surface area contributed by atoms with Crippen molar-refractivity contribution in [1.82, 2.24) is 53.3 Å². The van der Waals surface area contributed by atoms with Crippen LogP contribution in [0.2, 0.25) is 10.0 Å². The summed E-state index contributed by atoms with van der Waals surface area (Å²) in [5.41, 5.74) is 10.1. The molecule has 5 aromatic heterocycles. The standard InChI is InChI=1S/C27H29ClN2O4.C26H24ClF3N2O3.C24H25N3O4.C23H25N5O2.H2/c1-26(2,33-4)20-9-7-18(16-22(20)32-3)25(31)29-14-11-27(12-15-29)24-6-5-13-30(24)21-10-8-19(28)17-23(21)34-27;1-3-16-4-5-17(14-20(16)34-2)24(33)31-12-10-25(11-13-31)22-8-9-23(26(28,29)30)32(22)19-7-6-18(27)15-21(19)35-25;1-26-22-19-4-2-3-5-21(19)31-24(20(22)16-25-26)10-12-27(13-11-24)23(29)17-6-8-18(9-7-17)30-15-14-28;1-26(2)20-14-16(8-11-24-20)22(29)28-12-9-23(10-13-28)18-15-25-27(3)21(18)17-6-4-5-7-19(17)30-23;/h5-10,13,16-17H,11-12,14-15H2,1-4H3;4-9,14-15H,3,10-13H2,1-2H3;2-9,16,28H,10-15H2,1H3;4-8,11,14-15H,9-10,12-13H2,1-3H3;1H. The number of aliphatic hydroxyl groups is 1. The third-order valence-electron chi connectivity index (χ3n) is 26.4. The smallest absolute Gasteiger partial charge is 0.431 e. The SMILES string of the molecule is CCc1ccc(C(=O)N2CCC3(CC2)Oc2cc(Cl)ccc2-n2c(C(F)(F)F)ccc23)cc1OC.CN(C)c1cc(C(=O)N2CCC3(CC2)Oc2ccccc2-c2c3cnn2C)ccn1.COc1cc(C(=O)N2CCC3(CC2)Oc2cc(Cl)ccc2-n2cccc23)ccc1C(C)(C)OC.Cn1ncc2c1-c1ccccc1OC21CCN(C(=O)c2ccc(OCCO)cc2)CC1.[HH]. The average Bonchev–Trinajstić information content (AvgIpc) is 1.57. The molecule has 1 N–H and O–H groups in total. The van der Waals surface area contributed by atoms with Gasteiger partial charge in [-0.05, 0) is 159 Å². The predicted octanol–water partition coefficient (Wildman–Crippen LogP) is 18.1. The Morgan fingerprint density at radius 1 is 0.515 bits per heavy atom. The molecule has 25 nitrogen and oxygen atoms in total. The van der Waals surface area contributed by atoms with Gasteiger partial charge in [0.25, 0.3) is 23.6 Å². The van der Waals surface area contributed by atoms with Crippen LogP contribution >= 0.6 is 23.2 Å². The van der Waals surface area contributed by atoms with Crippen molar-refractivity contribution in [2.45, 2.75) is 113 Å². The second-order valence-corrected chi connectivity index (χ2v) is 35.3. The van der Waals surface area contributed by atoms with Gasteiger partial charge in [0.15, 0.2) is 11.2 Å². The van der Waals surface area contributed by atoms with Crippen molar-refractivity contribution < 1.29 is 76.8 Å². The van der Waals surface area contributed by atoms with E-state index in [2.05, 4.69) is 44.1 Å². The van der Waals surface area contributed by atoms with Crippen LogP contribution in [-0.2, 0) is 59.4 Å². The largest absolute Gasteiger partial charge is 0.496 e. The highest BCUT2D eigenvalue weighted by atomic mass is 35.5. The topological polar surface area (TPSA) is 237 Å². The number of halogens is 5. The number of hydrogen-bond donors (Lipinski definition) is 1. The summed E-state index contributed by atoms with van der Waals surface area (Å²) in [5, 5.41) is 18.9. The normalized spacial score (nSPS) is 16.5. The number of rotatable bonds is 13. The lowest BCUT2D eigenvalue weighted by molar-refractivity contribution is -0.143. The van der Waals surface area contributed by atoms with Crippen LogP contribution in [0.15, 0.2) is 207 Å². The lowest BCUT2D eigenvalue weighted by Crippen LogP contribution is -2.50. The molecule has 678 valence electrons. The number of nitrogens with zero attached hydrogens (tertiary/aromatic N) is 12. The quantitative estimate of drug-likeness (QED) is 0.113. The molecule has 7 aromatic carbocycles. The summed E-state index contributed by atoms with van der Waals surface area (Å²) in [7, 11) is 12.6. The Morgan fingerprint density at radius 3 is 1.48 bits per heavy atom. The summed E-state index contributed by atoms with van der Waals surface area (Å²) in [4.78, 5) is 66.4. The number of para-hydroxylation sites is 2. The van der Waals surface area contributed by atoms with Gasteiger partial charge in [-0.3, -0.25) is 28.5 Å². The van der Waals surface area contributed by atoms with Gasteiger partial charge >= 0.3 is 6.18 Å². The van der Waals surface area contributed by atoms with Crippen molar-refractivity contribution in [2.75, 3.05) is 106 Å². The van der Waals surface area contributed by atoms with Crippen molar-refractivity contribution >= 4 is 52.6 Å². The molecule has 20 rings (SSSR count). The fraction of sp³-hybridized carbons (Fsp3) is 0.350. The van der Waals surface area contributed by atoms with Gasteiger partial charge in [0.05, 0.1) is 73.0 Å². The first-order valence-electron chi connectivity index (χ1n) is 43.7. The van der Waals surface area contributed by atoms with Gasteiger partial charge in [-0.2, -0.15) is 23.4 Å². The number of aromatic nitrogens is 7. The number of benzene rings is 7. The number of methoxy groups -OCH3 is 3. The van der Waals surface area contributed by atoms with Gasteiger partial charge in [-0.1, -0.05) is 66.5 Å². The summed E-state index contributed by atoms with van der Waals surface area (Å²) in [6.45, 7) is 10.5. The number of carbonyl (C=O) groups is 4. The number of aryl methyl sites for hydroxylation is 3. The number of amides is 4. The molecule has 0 aliphatic carbocycles. The molecule has 0 saturated carbocycles. The number of alkyl halides is 3. The van der Waals surface area contributed by atoms with Crippen LogP contribution < -0.4 is 38.1 Å². The zero-order valence-electron chi connectivity index (χ0n) is 74.2. The molecule has 4 spiro atoms. The van der Waals surface area contributed by atoms with E-state index in [-0.39, 0.29) is 38.3 Å². The van der Waals surface area contributed by atoms with E-state index >= 15 is 0 Å². The summed E-state index contributed by atoms with van der Waals surface area (Å²) >= 11 is 12.4. The van der Waals surface area contributed by atoms with E-state index in [0.29, 0.717) is 158 Å². The first kappa shape index (κ1) is 89.2. The number of hydrogen-bond acceptors (Lipinski definition) is 17. The van der Waals surface area contributed by atoms with E-state index in [4.69, 9.17) is 66.2 Å². The van der Waals surface area contributed by atoms with E-state index in [1.165, 1.54) is 16.7 Å². The molecule has 4 amide bonds. The Labute approximate surface area is 763 Å². The number of pyridine rings is 1. The Balaban J connectivity index is 0.000000128. The predicted molar refractivity (Wildman–Crippen MR) is 489 cm³/mol. The summed E-state index contributed by atoms with van der Waals surface area (Å²) < 4.78 is 96.9. The fourth-order valence-corrected chi connectivity index (χ4v) is 19.6. The van der Waals surface area contributed by atoms with Crippen LogP contribution in [0.3, 0.4) is 0 Å². The first-order chi connectivity index (χ1) is 62.5. The van der Waals surface area contributed by atoms with Crippen LogP contribution in [0.5, 0.6) is 40.2 Å². The van der Waals surface area contributed by atoms with Gasteiger partial charge in [0.2, 0.25) is 0 Å². The van der Waals surface area contributed by atoms with Crippen molar-refractivity contribution in [2.24, 2.45) is 14.1 Å². The third kappa shape index (κ3) is 16.8. The maximum atomic E-state index is 13.9. The molecule has 4 saturated heterocycles. The molecular formula is C100H105Cl2F3N12O13. The molecule has 130 heavy (non-hydrogen) atoms. The van der Waals surface area contributed by atoms with Gasteiger partial charge < -0.3 is 76.6 Å². The highest BCUT2D eigenvalue weighted by Crippen LogP contribution is 2.54. The van der Waals surface area contributed by atoms with Crippen LogP contribution in [0.25, 0.3) is 33.9 Å². The van der Waals surface area contributed by atoms with Crippen molar-refractivity contribution in [3.8, 4) is 74.1 Å². The van der Waals surface area contributed by atoms with Gasteiger partial charge in [0.1, 0.15) is 69.6 Å². The summed E-state index contributed by atoms with van der Waals surface area (Å²) in [6, 6.07) is 54.9. The third-order valence-corrected chi connectivity index (χ3v) is 26.9. The average molecular weight is 1810 g/mol. The Kier molecular flexibility index (Phi) is 24.7. The molecule has 0 unspecified atom stereocenters. The van der Waals surface area contributed by atoms with E-state index in [9.17, 15) is 32.3 Å². The zero-order valence-corrected chi connectivity index (χ0v) is 75.7. The van der Waals surface area contributed by atoms with E-state index in [1.807, 2.05) is 181 Å². The maximum Gasteiger partial charge on any atom is 0.431 e.